The largest absolute Gasteiger partial charge is 0.460 e. The molecule has 25 heavy (non-hydrogen) atoms. The van der Waals surface area contributed by atoms with E-state index in [-0.39, 0.29) is 18.1 Å². The Morgan fingerprint density at radius 1 is 0.960 bits per heavy atom. The normalized spacial score (nSPS) is 20.2. The smallest absolute Gasteiger partial charge is 0.323 e. The van der Waals surface area contributed by atoms with Gasteiger partial charge < -0.3 is 10.1 Å². The van der Waals surface area contributed by atoms with Crippen molar-refractivity contribution in [3.8, 4) is 0 Å². The highest BCUT2D eigenvalue weighted by molar-refractivity contribution is 5.75. The maximum Gasteiger partial charge on any atom is 0.323 e. The summed E-state index contributed by atoms with van der Waals surface area (Å²) in [5, 5.41) is 3.24. The van der Waals surface area contributed by atoms with Crippen molar-refractivity contribution in [2.75, 3.05) is 6.54 Å². The van der Waals surface area contributed by atoms with Gasteiger partial charge >= 0.3 is 5.97 Å². The fourth-order valence-electron chi connectivity index (χ4n) is 2.80. The number of carbonyl (C=O) groups excluding carboxylic acids is 1. The number of esters is 1. The van der Waals surface area contributed by atoms with Crippen LogP contribution in [0, 0.1) is 0 Å². The minimum Gasteiger partial charge on any atom is -0.460 e. The van der Waals surface area contributed by atoms with Crippen LogP contribution in [0.2, 0.25) is 0 Å². The number of hydrogen-bond donors (Lipinski definition) is 2. The second-order valence-electron chi connectivity index (χ2n) is 6.22. The molecule has 2 aromatic rings. The van der Waals surface area contributed by atoms with Crippen molar-refractivity contribution in [1.29, 1.82) is 0 Å². The third-order valence-electron chi connectivity index (χ3n) is 4.25. The number of piperidine rings is 1. The molecule has 0 saturated carbocycles. The van der Waals surface area contributed by atoms with Gasteiger partial charge in [-0.1, -0.05) is 60.7 Å². The van der Waals surface area contributed by atoms with E-state index in [9.17, 15) is 4.79 Å². The molecule has 132 valence electrons. The number of nitrogens with one attached hydrogen (secondary N) is 2. The predicted molar refractivity (Wildman–Crippen MR) is 95.4 cm³/mol. The van der Waals surface area contributed by atoms with Crippen LogP contribution >= 0.6 is 0 Å². The van der Waals surface area contributed by atoms with Crippen LogP contribution in [0.15, 0.2) is 60.7 Å². The van der Waals surface area contributed by atoms with E-state index in [0.29, 0.717) is 19.8 Å². The van der Waals surface area contributed by atoms with Gasteiger partial charge in [-0.15, -0.1) is 0 Å². The molecule has 0 radical (unpaired) electrons. The summed E-state index contributed by atoms with van der Waals surface area (Å²) < 4.78 is 5.39. The molecule has 0 bridgehead atoms. The summed E-state index contributed by atoms with van der Waals surface area (Å²) in [5.74, 6) is -0.187. The van der Waals surface area contributed by atoms with E-state index >= 15 is 0 Å². The van der Waals surface area contributed by atoms with E-state index in [1.54, 1.807) is 0 Å². The van der Waals surface area contributed by atoms with Gasteiger partial charge in [-0.3, -0.25) is 9.63 Å². The Morgan fingerprint density at radius 2 is 1.60 bits per heavy atom. The van der Waals surface area contributed by atoms with E-state index in [0.717, 1.165) is 24.0 Å². The zero-order valence-corrected chi connectivity index (χ0v) is 14.2. The second-order valence-corrected chi connectivity index (χ2v) is 6.22. The fraction of sp³-hybridized carbons (Fsp3) is 0.350. The zero-order chi connectivity index (χ0) is 17.3. The molecule has 0 amide bonds. The molecule has 5 heteroatoms. The van der Waals surface area contributed by atoms with Gasteiger partial charge in [-0.05, 0) is 24.0 Å². The summed E-state index contributed by atoms with van der Waals surface area (Å²) >= 11 is 0. The van der Waals surface area contributed by atoms with Crippen molar-refractivity contribution >= 4 is 5.97 Å². The first-order chi connectivity index (χ1) is 12.3. The standard InChI is InChI=1S/C20H24N2O3/c23-20(24-14-16-7-3-1-4-8-16)19-12-11-18(13-21-19)22-25-15-17-9-5-2-6-10-17/h1-10,18-19,21-22H,11-15H2/t18-,19+/m1/s1. The Kier molecular flexibility index (Phi) is 6.56. The first kappa shape index (κ1) is 17.6. The number of hydroxylamine groups is 1. The molecule has 1 fully saturated rings. The van der Waals surface area contributed by atoms with Crippen molar-refractivity contribution in [2.45, 2.75) is 38.1 Å². The summed E-state index contributed by atoms with van der Waals surface area (Å²) in [5.41, 5.74) is 5.20. The Morgan fingerprint density at radius 3 is 2.20 bits per heavy atom. The molecule has 2 N–H and O–H groups in total. The SMILES string of the molecule is O=C(OCc1ccccc1)[C@@H]1CC[C@@H](NOCc2ccccc2)CN1. The number of rotatable bonds is 7. The van der Waals surface area contributed by atoms with Crippen molar-refractivity contribution in [3.63, 3.8) is 0 Å². The Hall–Kier alpha value is -2.21. The lowest BCUT2D eigenvalue weighted by Gasteiger charge is -2.28. The summed E-state index contributed by atoms with van der Waals surface area (Å²) in [7, 11) is 0. The lowest BCUT2D eigenvalue weighted by molar-refractivity contribution is -0.148. The molecule has 1 heterocycles. The van der Waals surface area contributed by atoms with Crippen LogP contribution < -0.4 is 10.8 Å². The predicted octanol–water partition coefficient (Wildman–Crippen LogP) is 2.57. The zero-order valence-electron chi connectivity index (χ0n) is 14.2. The highest BCUT2D eigenvalue weighted by atomic mass is 16.6. The summed E-state index contributed by atoms with van der Waals surface area (Å²) in [6.45, 7) is 1.53. The Bertz CT molecular complexity index is 641. The van der Waals surface area contributed by atoms with Gasteiger partial charge in [0.2, 0.25) is 0 Å². The second kappa shape index (κ2) is 9.32. The van der Waals surface area contributed by atoms with Crippen molar-refractivity contribution in [3.05, 3.63) is 71.8 Å². The molecular weight excluding hydrogens is 316 g/mol. The average molecular weight is 340 g/mol. The minimum atomic E-state index is -0.240. The lowest BCUT2D eigenvalue weighted by Crippen LogP contribution is -2.51. The molecule has 2 aromatic carbocycles. The van der Waals surface area contributed by atoms with E-state index in [1.807, 2.05) is 60.7 Å². The third-order valence-corrected chi connectivity index (χ3v) is 4.25. The van der Waals surface area contributed by atoms with Crippen LogP contribution in [0.1, 0.15) is 24.0 Å². The van der Waals surface area contributed by atoms with E-state index < -0.39 is 0 Å². The lowest BCUT2D eigenvalue weighted by atomic mass is 10.0. The van der Waals surface area contributed by atoms with E-state index in [1.165, 1.54) is 0 Å². The molecule has 0 spiro atoms. The monoisotopic (exact) mass is 340 g/mol. The third kappa shape index (κ3) is 5.67. The van der Waals surface area contributed by atoms with Crippen LogP contribution in [-0.4, -0.2) is 24.6 Å². The molecule has 0 aliphatic carbocycles. The molecule has 0 unspecified atom stereocenters. The quantitative estimate of drug-likeness (QED) is 0.599. The maximum atomic E-state index is 12.1. The maximum absolute atomic E-state index is 12.1. The topological polar surface area (TPSA) is 59.6 Å². The Balaban J connectivity index is 1.33. The molecule has 1 aliphatic rings. The molecule has 1 aliphatic heterocycles. The van der Waals surface area contributed by atoms with Gasteiger partial charge in [-0.2, -0.15) is 5.48 Å². The van der Waals surface area contributed by atoms with Gasteiger partial charge in [0, 0.05) is 12.6 Å². The van der Waals surface area contributed by atoms with Crippen molar-refractivity contribution in [1.82, 2.24) is 10.8 Å². The first-order valence-electron chi connectivity index (χ1n) is 8.66. The van der Waals surface area contributed by atoms with Crippen LogP contribution in [0.5, 0.6) is 0 Å². The molecule has 5 nitrogen and oxygen atoms in total. The summed E-state index contributed by atoms with van der Waals surface area (Å²) in [6, 6.07) is 19.7. The average Bonchev–Trinajstić information content (AvgIpc) is 2.68. The van der Waals surface area contributed by atoms with Crippen molar-refractivity contribution in [2.24, 2.45) is 0 Å². The molecule has 0 aromatic heterocycles. The molecule has 2 atom stereocenters. The fourth-order valence-corrected chi connectivity index (χ4v) is 2.80. The van der Waals surface area contributed by atoms with Crippen LogP contribution in [0.3, 0.4) is 0 Å². The van der Waals surface area contributed by atoms with Crippen LogP contribution in [-0.2, 0) is 27.6 Å². The highest BCUT2D eigenvalue weighted by Gasteiger charge is 2.26. The number of carbonyl (C=O) groups is 1. The number of benzene rings is 2. The summed E-state index contributed by atoms with van der Waals surface area (Å²) in [6.07, 6.45) is 1.60. The Labute approximate surface area is 148 Å². The molecule has 3 rings (SSSR count). The van der Waals surface area contributed by atoms with Gasteiger partial charge in [0.1, 0.15) is 12.6 Å². The van der Waals surface area contributed by atoms with Crippen LogP contribution in [0.4, 0.5) is 0 Å². The van der Waals surface area contributed by atoms with Crippen molar-refractivity contribution < 1.29 is 14.4 Å². The molecule has 1 saturated heterocycles. The van der Waals surface area contributed by atoms with Gasteiger partial charge in [-0.25, -0.2) is 0 Å². The highest BCUT2D eigenvalue weighted by Crippen LogP contribution is 2.11. The molecular formula is C20H24N2O3. The van der Waals surface area contributed by atoms with Gasteiger partial charge in [0.05, 0.1) is 6.61 Å². The van der Waals surface area contributed by atoms with Gasteiger partial charge in [0.15, 0.2) is 0 Å². The first-order valence-corrected chi connectivity index (χ1v) is 8.66. The van der Waals surface area contributed by atoms with Crippen LogP contribution in [0.25, 0.3) is 0 Å². The minimum absolute atomic E-state index is 0.187. The van der Waals surface area contributed by atoms with Gasteiger partial charge in [0.25, 0.3) is 0 Å². The number of ether oxygens (including phenoxy) is 1. The summed E-state index contributed by atoms with van der Waals surface area (Å²) in [4.78, 5) is 17.7. The van der Waals surface area contributed by atoms with E-state index in [2.05, 4.69) is 10.8 Å². The van der Waals surface area contributed by atoms with E-state index in [4.69, 9.17) is 9.57 Å². The number of hydrogen-bond acceptors (Lipinski definition) is 5.